The molecule has 0 aromatic heterocycles. The molecule has 0 atom stereocenters. The number of phenolic OH excluding ortho intramolecular Hbond substituents is 1. The number of aromatic hydroxyl groups is 1. The highest BCUT2D eigenvalue weighted by atomic mass is 79.9. The van der Waals surface area contributed by atoms with Crippen molar-refractivity contribution in [2.45, 2.75) is 0 Å². The van der Waals surface area contributed by atoms with Gasteiger partial charge in [0, 0.05) is 15.7 Å². The number of rotatable bonds is 5. The van der Waals surface area contributed by atoms with E-state index in [1.54, 1.807) is 60.7 Å². The molecule has 32 heavy (non-hydrogen) atoms. The zero-order valence-electron chi connectivity index (χ0n) is 16.3. The van der Waals surface area contributed by atoms with Crippen molar-refractivity contribution in [3.8, 4) is 5.75 Å². The lowest BCUT2D eigenvalue weighted by atomic mass is 10.1. The molecule has 4 rings (SSSR count). The number of halogens is 2. The Morgan fingerprint density at radius 2 is 1.66 bits per heavy atom. The first-order valence-electron chi connectivity index (χ1n) is 9.35. The Hall–Kier alpha value is -3.62. The molecule has 160 valence electrons. The van der Waals surface area contributed by atoms with Gasteiger partial charge < -0.3 is 15.7 Å². The van der Waals surface area contributed by atoms with Crippen LogP contribution in [0.3, 0.4) is 0 Å². The Balaban J connectivity index is 1.55. The summed E-state index contributed by atoms with van der Waals surface area (Å²) in [6.45, 7) is 0. The van der Waals surface area contributed by atoms with Crippen LogP contribution in [0.1, 0.15) is 10.4 Å². The maximum Gasteiger partial charge on any atom is 0.283 e. The third-order valence-corrected chi connectivity index (χ3v) is 5.54. The first kappa shape index (κ1) is 21.6. The summed E-state index contributed by atoms with van der Waals surface area (Å²) in [6, 6.07) is 19.3. The van der Waals surface area contributed by atoms with E-state index in [1.165, 1.54) is 12.1 Å². The van der Waals surface area contributed by atoms with Crippen LogP contribution in [0.15, 0.2) is 88.0 Å². The number of amides is 3. The minimum atomic E-state index is -0.644. The molecule has 3 aromatic carbocycles. The van der Waals surface area contributed by atoms with Crippen molar-refractivity contribution in [2.75, 3.05) is 15.5 Å². The fourth-order valence-electron chi connectivity index (χ4n) is 3.09. The SMILES string of the molecule is O=C(Nc1ccccc1O)c1cccc(NC2=C(Cl)C(=O)N(c3ccc(Br)cc3)C2=O)c1. The lowest BCUT2D eigenvalue weighted by Crippen LogP contribution is -2.32. The molecule has 0 unspecified atom stereocenters. The van der Waals surface area contributed by atoms with Crippen LogP contribution in [0.4, 0.5) is 17.1 Å². The van der Waals surface area contributed by atoms with Crippen LogP contribution in [0.5, 0.6) is 5.75 Å². The topological polar surface area (TPSA) is 98.7 Å². The zero-order valence-corrected chi connectivity index (χ0v) is 18.6. The van der Waals surface area contributed by atoms with E-state index in [0.717, 1.165) is 9.37 Å². The molecule has 3 N–H and O–H groups in total. The van der Waals surface area contributed by atoms with Crippen molar-refractivity contribution in [2.24, 2.45) is 0 Å². The molecule has 1 aliphatic heterocycles. The van der Waals surface area contributed by atoms with Gasteiger partial charge in [-0.3, -0.25) is 14.4 Å². The second kappa shape index (κ2) is 8.86. The molecule has 0 fully saturated rings. The highest BCUT2D eigenvalue weighted by Gasteiger charge is 2.38. The molecule has 0 bridgehead atoms. The van der Waals surface area contributed by atoms with E-state index in [9.17, 15) is 19.5 Å². The molecule has 0 aliphatic carbocycles. The van der Waals surface area contributed by atoms with Gasteiger partial charge in [0.15, 0.2) is 0 Å². The number of phenols is 1. The highest BCUT2D eigenvalue weighted by Crippen LogP contribution is 2.31. The monoisotopic (exact) mass is 511 g/mol. The number of nitrogens with one attached hydrogen (secondary N) is 2. The van der Waals surface area contributed by atoms with Crippen LogP contribution in [0, 0.1) is 0 Å². The summed E-state index contributed by atoms with van der Waals surface area (Å²) < 4.78 is 0.802. The summed E-state index contributed by atoms with van der Waals surface area (Å²) in [7, 11) is 0. The summed E-state index contributed by atoms with van der Waals surface area (Å²) in [5.74, 6) is -1.77. The fraction of sp³-hybridized carbons (Fsp3) is 0. The van der Waals surface area contributed by atoms with E-state index in [2.05, 4.69) is 26.6 Å². The quantitative estimate of drug-likeness (QED) is 0.336. The number of imide groups is 1. The van der Waals surface area contributed by atoms with Crippen molar-refractivity contribution < 1.29 is 19.5 Å². The van der Waals surface area contributed by atoms with E-state index in [4.69, 9.17) is 11.6 Å². The largest absolute Gasteiger partial charge is 0.506 e. The Bertz CT molecular complexity index is 1270. The molecule has 0 radical (unpaired) electrons. The van der Waals surface area contributed by atoms with E-state index in [-0.39, 0.29) is 27.7 Å². The zero-order chi connectivity index (χ0) is 22.8. The van der Waals surface area contributed by atoms with E-state index < -0.39 is 17.7 Å². The van der Waals surface area contributed by atoms with Gasteiger partial charge in [-0.05, 0) is 54.6 Å². The summed E-state index contributed by atoms with van der Waals surface area (Å²) in [5, 5.41) is 15.1. The molecule has 3 aromatic rings. The predicted molar refractivity (Wildman–Crippen MR) is 126 cm³/mol. The van der Waals surface area contributed by atoms with Gasteiger partial charge in [0.25, 0.3) is 17.7 Å². The Morgan fingerprint density at radius 3 is 2.38 bits per heavy atom. The summed E-state index contributed by atoms with van der Waals surface area (Å²) in [5.41, 5.74) is 1.23. The smallest absolute Gasteiger partial charge is 0.283 e. The van der Waals surface area contributed by atoms with Gasteiger partial charge in [0.05, 0.1) is 11.4 Å². The molecule has 0 saturated heterocycles. The average Bonchev–Trinajstić information content (AvgIpc) is 2.99. The Labute approximate surface area is 196 Å². The minimum absolute atomic E-state index is 0.0600. The van der Waals surface area contributed by atoms with Gasteiger partial charge in [0.1, 0.15) is 16.5 Å². The number of hydrogen-bond acceptors (Lipinski definition) is 5. The molecular weight excluding hydrogens is 498 g/mol. The number of hydrogen-bond donors (Lipinski definition) is 3. The van der Waals surface area contributed by atoms with Crippen molar-refractivity contribution in [3.63, 3.8) is 0 Å². The molecule has 9 heteroatoms. The third kappa shape index (κ3) is 4.23. The Kier molecular flexibility index (Phi) is 5.98. The maximum absolute atomic E-state index is 12.9. The summed E-state index contributed by atoms with van der Waals surface area (Å²) in [4.78, 5) is 39.0. The van der Waals surface area contributed by atoms with E-state index in [0.29, 0.717) is 11.4 Å². The lowest BCUT2D eigenvalue weighted by Gasteiger charge is -2.15. The van der Waals surface area contributed by atoms with Gasteiger partial charge in [0.2, 0.25) is 0 Å². The molecule has 1 heterocycles. The fourth-order valence-corrected chi connectivity index (χ4v) is 3.57. The van der Waals surface area contributed by atoms with Crippen LogP contribution in [-0.2, 0) is 9.59 Å². The lowest BCUT2D eigenvalue weighted by molar-refractivity contribution is -0.120. The van der Waals surface area contributed by atoms with Gasteiger partial charge in [-0.1, -0.05) is 45.7 Å². The summed E-state index contributed by atoms with van der Waals surface area (Å²) >= 11 is 9.48. The van der Waals surface area contributed by atoms with Crippen molar-refractivity contribution in [1.82, 2.24) is 0 Å². The van der Waals surface area contributed by atoms with Gasteiger partial charge in [-0.25, -0.2) is 4.90 Å². The van der Waals surface area contributed by atoms with Crippen LogP contribution in [0.2, 0.25) is 0 Å². The van der Waals surface area contributed by atoms with Crippen molar-refractivity contribution >= 4 is 62.3 Å². The van der Waals surface area contributed by atoms with Crippen molar-refractivity contribution in [1.29, 1.82) is 0 Å². The first-order chi connectivity index (χ1) is 15.3. The third-order valence-electron chi connectivity index (χ3n) is 4.66. The number of nitrogens with zero attached hydrogens (tertiary/aromatic N) is 1. The van der Waals surface area contributed by atoms with Crippen LogP contribution >= 0.6 is 27.5 Å². The molecule has 1 aliphatic rings. The van der Waals surface area contributed by atoms with Gasteiger partial charge in [-0.15, -0.1) is 0 Å². The number of anilines is 3. The van der Waals surface area contributed by atoms with Crippen molar-refractivity contribution in [3.05, 3.63) is 93.6 Å². The number of benzene rings is 3. The number of carbonyl (C=O) groups excluding carboxylic acids is 3. The van der Waals surface area contributed by atoms with E-state index >= 15 is 0 Å². The molecule has 3 amide bonds. The Morgan fingerprint density at radius 1 is 0.938 bits per heavy atom. The average molecular weight is 513 g/mol. The molecule has 0 saturated carbocycles. The minimum Gasteiger partial charge on any atom is -0.506 e. The normalized spacial score (nSPS) is 13.5. The number of para-hydroxylation sites is 2. The highest BCUT2D eigenvalue weighted by molar-refractivity contribution is 9.10. The second-order valence-electron chi connectivity index (χ2n) is 6.79. The van der Waals surface area contributed by atoms with Crippen LogP contribution in [-0.4, -0.2) is 22.8 Å². The molecule has 0 spiro atoms. The van der Waals surface area contributed by atoms with Crippen LogP contribution < -0.4 is 15.5 Å². The first-order valence-corrected chi connectivity index (χ1v) is 10.5. The number of carbonyl (C=O) groups is 3. The van der Waals surface area contributed by atoms with Crippen LogP contribution in [0.25, 0.3) is 0 Å². The van der Waals surface area contributed by atoms with Gasteiger partial charge >= 0.3 is 0 Å². The molecule has 7 nitrogen and oxygen atoms in total. The maximum atomic E-state index is 12.9. The molecular formula is C23H15BrClN3O4. The standard InChI is InChI=1S/C23H15BrClN3O4/c24-14-8-10-16(11-9-14)28-22(31)19(25)20(23(28)32)26-15-5-3-4-13(12-15)21(30)27-17-6-1-2-7-18(17)29/h1-12,26,29H,(H,27,30). The summed E-state index contributed by atoms with van der Waals surface area (Å²) in [6.07, 6.45) is 0. The van der Waals surface area contributed by atoms with E-state index in [1.807, 2.05) is 0 Å². The predicted octanol–water partition coefficient (Wildman–Crippen LogP) is 4.84. The second-order valence-corrected chi connectivity index (χ2v) is 8.08. The van der Waals surface area contributed by atoms with Gasteiger partial charge in [-0.2, -0.15) is 0 Å².